The molecular formula is C54H37N7. The van der Waals surface area contributed by atoms with E-state index in [0.717, 1.165) is 72.6 Å². The molecular weight excluding hydrogens is 747 g/mol. The van der Waals surface area contributed by atoms with Crippen molar-refractivity contribution in [3.63, 3.8) is 0 Å². The van der Waals surface area contributed by atoms with Gasteiger partial charge in [0.1, 0.15) is 0 Å². The van der Waals surface area contributed by atoms with Gasteiger partial charge in [0.15, 0.2) is 34.9 Å². The molecule has 0 unspecified atom stereocenters. The molecule has 61 heavy (non-hydrogen) atoms. The molecule has 0 N–H and O–H groups in total. The van der Waals surface area contributed by atoms with E-state index >= 15 is 0 Å². The number of hydrogen-bond acceptors (Lipinski definition) is 7. The van der Waals surface area contributed by atoms with E-state index in [1.165, 1.54) is 0 Å². The fourth-order valence-electron chi connectivity index (χ4n) is 7.44. The van der Waals surface area contributed by atoms with Crippen molar-refractivity contribution in [2.24, 2.45) is 0 Å². The topological polar surface area (TPSA) is 90.2 Å². The Morgan fingerprint density at radius 1 is 0.230 bits per heavy atom. The highest BCUT2D eigenvalue weighted by atomic mass is 15.0. The monoisotopic (exact) mass is 783 g/mol. The summed E-state index contributed by atoms with van der Waals surface area (Å²) in [7, 11) is 0. The second-order valence-corrected chi connectivity index (χ2v) is 14.7. The van der Waals surface area contributed by atoms with Gasteiger partial charge in [0.05, 0.1) is 5.69 Å². The van der Waals surface area contributed by atoms with Crippen LogP contribution in [0.1, 0.15) is 5.69 Å². The molecule has 3 heterocycles. The van der Waals surface area contributed by atoms with Crippen molar-refractivity contribution in [1.29, 1.82) is 0 Å². The number of rotatable bonds is 9. The number of aryl methyl sites for hydroxylation is 1. The molecule has 288 valence electrons. The van der Waals surface area contributed by atoms with Crippen molar-refractivity contribution < 1.29 is 0 Å². The molecule has 0 saturated carbocycles. The maximum atomic E-state index is 5.11. The molecule has 0 fully saturated rings. The molecule has 0 radical (unpaired) electrons. The van der Waals surface area contributed by atoms with Gasteiger partial charge in [0.25, 0.3) is 0 Å². The van der Waals surface area contributed by atoms with E-state index < -0.39 is 0 Å². The van der Waals surface area contributed by atoms with E-state index in [1.807, 2.05) is 140 Å². The van der Waals surface area contributed by atoms with E-state index in [9.17, 15) is 0 Å². The van der Waals surface area contributed by atoms with Crippen molar-refractivity contribution in [2.45, 2.75) is 6.92 Å². The fourth-order valence-corrected chi connectivity index (χ4v) is 7.44. The fraction of sp³-hybridized carbons (Fsp3) is 0.0185. The maximum absolute atomic E-state index is 5.11. The standard InChI is InChI=1S/C54H37N7/c1-36-18-16-31-48(55-36)45-34-43(41-27-17-28-42(32-41)53-58-49(37-19-6-2-7-20-37)56-50(59-53)38-21-8-3-9-22-38)33-44(35-45)46-29-14-15-30-47(46)54-60-51(39-23-10-4-11-24-39)57-52(61-54)40-25-12-5-13-26-40/h2-35H,1H3. The van der Waals surface area contributed by atoms with Crippen LogP contribution < -0.4 is 0 Å². The number of benzene rings is 7. The van der Waals surface area contributed by atoms with Crippen LogP contribution in [0.2, 0.25) is 0 Å². The van der Waals surface area contributed by atoms with Gasteiger partial charge in [0, 0.05) is 44.6 Å². The van der Waals surface area contributed by atoms with E-state index in [2.05, 4.69) is 72.8 Å². The Morgan fingerprint density at radius 2 is 0.590 bits per heavy atom. The summed E-state index contributed by atoms with van der Waals surface area (Å²) in [6.45, 7) is 2.02. The zero-order chi connectivity index (χ0) is 41.0. The molecule has 0 saturated heterocycles. The summed E-state index contributed by atoms with van der Waals surface area (Å²) in [5, 5.41) is 0. The van der Waals surface area contributed by atoms with Gasteiger partial charge < -0.3 is 0 Å². The first-order chi connectivity index (χ1) is 30.1. The molecule has 3 aromatic heterocycles. The SMILES string of the molecule is Cc1cccc(-c2cc(-c3cccc(-c4nc(-c5ccccc5)nc(-c5ccccc5)n4)c3)cc(-c3ccccc3-c3nc(-c4ccccc4)nc(-c4ccccc4)n3)c2)n1. The summed E-state index contributed by atoms with van der Waals surface area (Å²) in [5.41, 5.74) is 12.3. The lowest BCUT2D eigenvalue weighted by molar-refractivity contribution is 1.07. The third-order valence-electron chi connectivity index (χ3n) is 10.4. The van der Waals surface area contributed by atoms with Crippen molar-refractivity contribution >= 4 is 0 Å². The van der Waals surface area contributed by atoms with Gasteiger partial charge in [-0.15, -0.1) is 0 Å². The largest absolute Gasteiger partial charge is 0.253 e. The number of aromatic nitrogens is 7. The highest BCUT2D eigenvalue weighted by Crippen LogP contribution is 2.38. The average Bonchev–Trinajstić information content (AvgIpc) is 3.34. The minimum absolute atomic E-state index is 0.587. The Hall–Kier alpha value is -8.29. The molecule has 10 aromatic rings. The van der Waals surface area contributed by atoms with Crippen LogP contribution in [0.5, 0.6) is 0 Å². The van der Waals surface area contributed by atoms with Crippen molar-refractivity contribution in [3.8, 4) is 102 Å². The summed E-state index contributed by atoms with van der Waals surface area (Å²) >= 11 is 0. The molecule has 0 bridgehead atoms. The predicted octanol–water partition coefficient (Wildman–Crippen LogP) is 12.8. The van der Waals surface area contributed by atoms with Crippen LogP contribution >= 0.6 is 0 Å². The number of nitrogens with zero attached hydrogens (tertiary/aromatic N) is 7. The van der Waals surface area contributed by atoms with E-state index in [-0.39, 0.29) is 0 Å². The van der Waals surface area contributed by atoms with Gasteiger partial charge in [-0.25, -0.2) is 29.9 Å². The third kappa shape index (κ3) is 7.96. The normalized spacial score (nSPS) is 11.0. The number of hydrogen-bond donors (Lipinski definition) is 0. The molecule has 7 aromatic carbocycles. The average molecular weight is 784 g/mol. The highest BCUT2D eigenvalue weighted by Gasteiger charge is 2.18. The summed E-state index contributed by atoms with van der Waals surface area (Å²) in [6, 6.07) is 69.7. The van der Waals surface area contributed by atoms with Gasteiger partial charge in [-0.1, -0.05) is 170 Å². The highest BCUT2D eigenvalue weighted by molar-refractivity contribution is 5.88. The van der Waals surface area contributed by atoms with E-state index in [0.29, 0.717) is 34.9 Å². The van der Waals surface area contributed by atoms with Gasteiger partial charge in [-0.05, 0) is 65.6 Å². The summed E-state index contributed by atoms with van der Waals surface area (Å²) in [5.74, 6) is 3.63. The molecule has 0 spiro atoms. The summed E-state index contributed by atoms with van der Waals surface area (Å²) in [6.07, 6.45) is 0. The molecule has 0 aliphatic rings. The first kappa shape index (κ1) is 37.0. The Balaban J connectivity index is 1.13. The molecule has 0 aliphatic carbocycles. The quantitative estimate of drug-likeness (QED) is 0.144. The first-order valence-electron chi connectivity index (χ1n) is 20.1. The Bertz CT molecular complexity index is 3020. The molecule has 0 aliphatic heterocycles. The molecule has 7 nitrogen and oxygen atoms in total. The molecule has 0 atom stereocenters. The minimum atomic E-state index is 0.587. The van der Waals surface area contributed by atoms with Crippen molar-refractivity contribution in [1.82, 2.24) is 34.9 Å². The Labute approximate surface area is 354 Å². The molecule has 0 amide bonds. The zero-order valence-corrected chi connectivity index (χ0v) is 33.3. The smallest absolute Gasteiger partial charge is 0.164 e. The van der Waals surface area contributed by atoms with Crippen LogP contribution in [-0.2, 0) is 0 Å². The predicted molar refractivity (Wildman–Crippen MR) is 245 cm³/mol. The second-order valence-electron chi connectivity index (χ2n) is 14.7. The van der Waals surface area contributed by atoms with Crippen LogP contribution in [0.25, 0.3) is 102 Å². The lowest BCUT2D eigenvalue weighted by Gasteiger charge is -2.15. The maximum Gasteiger partial charge on any atom is 0.164 e. The summed E-state index contributed by atoms with van der Waals surface area (Å²) < 4.78 is 0. The zero-order valence-electron chi connectivity index (χ0n) is 33.3. The minimum Gasteiger partial charge on any atom is -0.253 e. The molecule has 10 rings (SSSR count). The van der Waals surface area contributed by atoms with Crippen LogP contribution in [0.4, 0.5) is 0 Å². The lowest BCUT2D eigenvalue weighted by atomic mass is 9.92. The lowest BCUT2D eigenvalue weighted by Crippen LogP contribution is -2.01. The van der Waals surface area contributed by atoms with Gasteiger partial charge in [0.2, 0.25) is 0 Å². The van der Waals surface area contributed by atoms with Gasteiger partial charge >= 0.3 is 0 Å². The second kappa shape index (κ2) is 16.5. The van der Waals surface area contributed by atoms with Gasteiger partial charge in [-0.3, -0.25) is 4.98 Å². The molecule has 7 heteroatoms. The van der Waals surface area contributed by atoms with Crippen molar-refractivity contribution in [2.75, 3.05) is 0 Å². The van der Waals surface area contributed by atoms with Crippen molar-refractivity contribution in [3.05, 3.63) is 212 Å². The van der Waals surface area contributed by atoms with E-state index in [4.69, 9.17) is 34.9 Å². The van der Waals surface area contributed by atoms with Crippen LogP contribution in [0, 0.1) is 6.92 Å². The first-order valence-corrected chi connectivity index (χ1v) is 20.1. The Morgan fingerprint density at radius 3 is 1.10 bits per heavy atom. The van der Waals surface area contributed by atoms with Crippen LogP contribution in [0.3, 0.4) is 0 Å². The van der Waals surface area contributed by atoms with Crippen LogP contribution in [0.15, 0.2) is 206 Å². The van der Waals surface area contributed by atoms with E-state index in [1.54, 1.807) is 0 Å². The number of pyridine rings is 1. The summed E-state index contributed by atoms with van der Waals surface area (Å²) in [4.78, 5) is 35.1. The Kier molecular flexibility index (Phi) is 10.0. The third-order valence-corrected chi connectivity index (χ3v) is 10.4. The van der Waals surface area contributed by atoms with Crippen LogP contribution in [-0.4, -0.2) is 34.9 Å². The van der Waals surface area contributed by atoms with Gasteiger partial charge in [-0.2, -0.15) is 0 Å².